The van der Waals surface area contributed by atoms with Crippen LogP contribution in [0.4, 0.5) is 19.0 Å². The van der Waals surface area contributed by atoms with Gasteiger partial charge in [0.2, 0.25) is 0 Å². The van der Waals surface area contributed by atoms with Gasteiger partial charge in [-0.05, 0) is 37.3 Å². The van der Waals surface area contributed by atoms with Crippen LogP contribution in [0.15, 0.2) is 59.4 Å². The maximum atomic E-state index is 13.1. The first-order valence-electron chi connectivity index (χ1n) is 8.84. The Morgan fingerprint density at radius 2 is 1.87 bits per heavy atom. The van der Waals surface area contributed by atoms with E-state index in [4.69, 9.17) is 16.1 Å². The van der Waals surface area contributed by atoms with E-state index in [2.05, 4.69) is 20.6 Å². The molecule has 0 aliphatic heterocycles. The van der Waals surface area contributed by atoms with Crippen molar-refractivity contribution in [1.29, 1.82) is 0 Å². The van der Waals surface area contributed by atoms with Gasteiger partial charge in [-0.2, -0.15) is 18.3 Å². The van der Waals surface area contributed by atoms with Crippen molar-refractivity contribution in [2.24, 2.45) is 0 Å². The van der Waals surface area contributed by atoms with Crippen LogP contribution < -0.4 is 5.32 Å². The lowest BCUT2D eigenvalue weighted by atomic mass is 10.2. The molecule has 0 unspecified atom stereocenters. The van der Waals surface area contributed by atoms with E-state index in [1.54, 1.807) is 31.5 Å². The molecule has 1 amide bonds. The van der Waals surface area contributed by atoms with Gasteiger partial charge in [0.05, 0.1) is 22.0 Å². The Labute approximate surface area is 178 Å². The summed E-state index contributed by atoms with van der Waals surface area (Å²) >= 11 is 6.11. The fraction of sp³-hybridized carbons (Fsp3) is 0.100. The third-order valence-electron chi connectivity index (χ3n) is 4.28. The summed E-state index contributed by atoms with van der Waals surface area (Å²) in [5.74, 6) is -0.149. The number of anilines is 1. The molecular formula is C20H13ClF3N5O2. The molecule has 0 saturated heterocycles. The van der Waals surface area contributed by atoms with Crippen LogP contribution in [-0.4, -0.2) is 25.8 Å². The molecule has 3 aromatic heterocycles. The molecule has 31 heavy (non-hydrogen) atoms. The summed E-state index contributed by atoms with van der Waals surface area (Å²) in [5, 5.41) is 10.5. The molecular weight excluding hydrogens is 435 g/mol. The SMILES string of the molecule is Cc1cc(NC(=O)c2cc(-c3ccncc3)on2)n(-c2cc(C(F)(F)F)ccc2Cl)n1. The topological polar surface area (TPSA) is 85.8 Å². The number of carbonyl (C=O) groups is 1. The molecule has 3 heterocycles. The third-order valence-corrected chi connectivity index (χ3v) is 4.60. The Hall–Kier alpha value is -3.66. The first kappa shape index (κ1) is 20.6. The molecule has 0 fully saturated rings. The predicted octanol–water partition coefficient (Wildman–Crippen LogP) is 5.16. The molecule has 0 atom stereocenters. The van der Waals surface area contributed by atoms with Crippen LogP contribution in [0.3, 0.4) is 0 Å². The average molecular weight is 448 g/mol. The molecule has 0 aliphatic rings. The Morgan fingerprint density at radius 3 is 2.58 bits per heavy atom. The molecule has 0 radical (unpaired) electrons. The van der Waals surface area contributed by atoms with E-state index in [0.29, 0.717) is 17.0 Å². The zero-order chi connectivity index (χ0) is 22.2. The van der Waals surface area contributed by atoms with Gasteiger partial charge in [-0.25, -0.2) is 4.68 Å². The highest BCUT2D eigenvalue weighted by molar-refractivity contribution is 6.32. The van der Waals surface area contributed by atoms with Crippen molar-refractivity contribution in [2.45, 2.75) is 13.1 Å². The minimum absolute atomic E-state index is 0.0210. The monoisotopic (exact) mass is 447 g/mol. The van der Waals surface area contributed by atoms with E-state index in [0.717, 1.165) is 22.9 Å². The number of amides is 1. The molecule has 4 rings (SSSR count). The van der Waals surface area contributed by atoms with Crippen LogP contribution in [-0.2, 0) is 6.18 Å². The molecule has 0 bridgehead atoms. The van der Waals surface area contributed by atoms with Gasteiger partial charge in [0.1, 0.15) is 5.82 Å². The van der Waals surface area contributed by atoms with E-state index >= 15 is 0 Å². The number of hydrogen-bond donors (Lipinski definition) is 1. The predicted molar refractivity (Wildman–Crippen MR) is 106 cm³/mol. The third kappa shape index (κ3) is 4.29. The maximum absolute atomic E-state index is 13.1. The van der Waals surface area contributed by atoms with Crippen LogP contribution in [0, 0.1) is 6.92 Å². The quantitative estimate of drug-likeness (QED) is 0.467. The first-order chi connectivity index (χ1) is 14.7. The number of rotatable bonds is 4. The minimum Gasteiger partial charge on any atom is -0.355 e. The van der Waals surface area contributed by atoms with E-state index in [1.807, 2.05) is 0 Å². The standard InChI is InChI=1S/C20H13ClF3N5O2/c1-11-8-18(29(27-11)16-9-13(20(22,23)24)2-3-14(16)21)26-19(30)15-10-17(31-28-15)12-4-6-25-7-5-12/h2-10H,1H3,(H,26,30). The van der Waals surface area contributed by atoms with Gasteiger partial charge in [0, 0.05) is 30.1 Å². The van der Waals surface area contributed by atoms with Crippen molar-refractivity contribution < 1.29 is 22.5 Å². The summed E-state index contributed by atoms with van der Waals surface area (Å²) in [6.45, 7) is 1.63. The van der Waals surface area contributed by atoms with Crippen molar-refractivity contribution in [1.82, 2.24) is 19.9 Å². The van der Waals surface area contributed by atoms with Crippen molar-refractivity contribution in [2.75, 3.05) is 5.32 Å². The summed E-state index contributed by atoms with van der Waals surface area (Å²) in [6, 6.07) is 9.18. The number of alkyl halides is 3. The number of halogens is 4. The number of aryl methyl sites for hydroxylation is 1. The highest BCUT2D eigenvalue weighted by atomic mass is 35.5. The summed E-state index contributed by atoms with van der Waals surface area (Å²) in [4.78, 5) is 16.6. The van der Waals surface area contributed by atoms with Crippen molar-refractivity contribution in [3.05, 3.63) is 76.8 Å². The summed E-state index contributed by atoms with van der Waals surface area (Å²) in [6.07, 6.45) is -1.43. The minimum atomic E-state index is -4.56. The van der Waals surface area contributed by atoms with E-state index < -0.39 is 17.6 Å². The molecule has 1 N–H and O–H groups in total. The second kappa shape index (κ2) is 7.88. The summed E-state index contributed by atoms with van der Waals surface area (Å²) < 4.78 is 45.7. The summed E-state index contributed by atoms with van der Waals surface area (Å²) in [5.41, 5.74) is 0.195. The van der Waals surface area contributed by atoms with Crippen LogP contribution >= 0.6 is 11.6 Å². The van der Waals surface area contributed by atoms with Gasteiger partial charge in [-0.15, -0.1) is 0 Å². The molecule has 158 valence electrons. The maximum Gasteiger partial charge on any atom is 0.416 e. The Bertz CT molecular complexity index is 1250. The number of nitrogens with one attached hydrogen (secondary N) is 1. The number of pyridine rings is 1. The first-order valence-corrected chi connectivity index (χ1v) is 9.22. The molecule has 7 nitrogen and oxygen atoms in total. The number of carbonyl (C=O) groups excluding carboxylic acids is 1. The lowest BCUT2D eigenvalue weighted by Crippen LogP contribution is -2.16. The Balaban J connectivity index is 1.65. The van der Waals surface area contributed by atoms with Crippen LogP contribution in [0.25, 0.3) is 17.0 Å². The van der Waals surface area contributed by atoms with Crippen LogP contribution in [0.2, 0.25) is 5.02 Å². The molecule has 0 spiro atoms. The lowest BCUT2D eigenvalue weighted by molar-refractivity contribution is -0.137. The second-order valence-electron chi connectivity index (χ2n) is 6.51. The Morgan fingerprint density at radius 1 is 1.13 bits per heavy atom. The molecule has 11 heteroatoms. The highest BCUT2D eigenvalue weighted by Crippen LogP contribution is 2.34. The second-order valence-corrected chi connectivity index (χ2v) is 6.92. The fourth-order valence-corrected chi connectivity index (χ4v) is 3.04. The van der Waals surface area contributed by atoms with Crippen molar-refractivity contribution in [3.8, 4) is 17.0 Å². The van der Waals surface area contributed by atoms with Gasteiger partial charge >= 0.3 is 6.18 Å². The van der Waals surface area contributed by atoms with Crippen molar-refractivity contribution >= 4 is 23.3 Å². The molecule has 4 aromatic rings. The van der Waals surface area contributed by atoms with Gasteiger partial charge in [0.15, 0.2) is 11.5 Å². The van der Waals surface area contributed by atoms with E-state index in [1.165, 1.54) is 12.1 Å². The smallest absolute Gasteiger partial charge is 0.355 e. The number of hydrogen-bond acceptors (Lipinski definition) is 5. The van der Waals surface area contributed by atoms with E-state index in [9.17, 15) is 18.0 Å². The van der Waals surface area contributed by atoms with E-state index in [-0.39, 0.29) is 22.2 Å². The fourth-order valence-electron chi connectivity index (χ4n) is 2.84. The zero-order valence-electron chi connectivity index (χ0n) is 15.8. The number of benzene rings is 1. The largest absolute Gasteiger partial charge is 0.416 e. The van der Waals surface area contributed by atoms with Gasteiger partial charge in [-0.1, -0.05) is 16.8 Å². The van der Waals surface area contributed by atoms with Crippen LogP contribution in [0.1, 0.15) is 21.7 Å². The number of nitrogens with zero attached hydrogens (tertiary/aromatic N) is 4. The van der Waals surface area contributed by atoms with Gasteiger partial charge in [-0.3, -0.25) is 9.78 Å². The zero-order valence-corrected chi connectivity index (χ0v) is 16.6. The Kier molecular flexibility index (Phi) is 5.24. The molecule has 1 aromatic carbocycles. The van der Waals surface area contributed by atoms with Crippen LogP contribution in [0.5, 0.6) is 0 Å². The summed E-state index contributed by atoms with van der Waals surface area (Å²) in [7, 11) is 0. The average Bonchev–Trinajstić information content (AvgIpc) is 3.35. The highest BCUT2D eigenvalue weighted by Gasteiger charge is 2.31. The van der Waals surface area contributed by atoms with Gasteiger partial charge in [0.25, 0.3) is 5.91 Å². The normalized spacial score (nSPS) is 11.5. The lowest BCUT2D eigenvalue weighted by Gasteiger charge is -2.13. The molecule has 0 aliphatic carbocycles. The van der Waals surface area contributed by atoms with Gasteiger partial charge < -0.3 is 9.84 Å². The van der Waals surface area contributed by atoms with Crippen molar-refractivity contribution in [3.63, 3.8) is 0 Å². The molecule has 0 saturated carbocycles. The number of aromatic nitrogens is 4.